The van der Waals surface area contributed by atoms with Gasteiger partial charge in [-0.05, 0) is 51.9 Å². The van der Waals surface area contributed by atoms with E-state index in [1.54, 1.807) is 24.3 Å². The van der Waals surface area contributed by atoms with Crippen LogP contribution in [0.3, 0.4) is 0 Å². The van der Waals surface area contributed by atoms with Gasteiger partial charge in [0, 0.05) is 45.1 Å². The molecule has 1 aromatic rings. The summed E-state index contributed by atoms with van der Waals surface area (Å²) in [5.74, 6) is -1.16. The Morgan fingerprint density at radius 3 is 2.51 bits per heavy atom. The van der Waals surface area contributed by atoms with Gasteiger partial charge in [0.25, 0.3) is 0 Å². The predicted octanol–water partition coefficient (Wildman–Crippen LogP) is 3.37. The molecule has 3 amide bonds. The minimum absolute atomic E-state index is 0.0652. The number of nitriles is 1. The fourth-order valence-corrected chi connectivity index (χ4v) is 5.11. The molecule has 2 fully saturated rings. The fraction of sp³-hybridized carbons (Fsp3) is 0.571. The molecule has 1 N–H and O–H groups in total. The Morgan fingerprint density at radius 1 is 1.30 bits per heavy atom. The van der Waals surface area contributed by atoms with E-state index in [9.17, 15) is 24.0 Å². The number of hydrogen-bond donors (Lipinski definition) is 1. The Hall–Kier alpha value is -3.25. The van der Waals surface area contributed by atoms with E-state index in [0.717, 1.165) is 25.9 Å². The molecule has 3 atom stereocenters. The van der Waals surface area contributed by atoms with Crippen LogP contribution in [0.1, 0.15) is 46.0 Å². The van der Waals surface area contributed by atoms with Crippen molar-refractivity contribution in [3.05, 3.63) is 43.0 Å². The summed E-state index contributed by atoms with van der Waals surface area (Å²) < 4.78 is 14.8. The summed E-state index contributed by atoms with van der Waals surface area (Å²) in [6.45, 7) is 8.97. The van der Waals surface area contributed by atoms with Gasteiger partial charge in [0.15, 0.2) is 0 Å². The van der Waals surface area contributed by atoms with E-state index >= 15 is 0 Å². The van der Waals surface area contributed by atoms with Crippen molar-refractivity contribution in [2.75, 3.05) is 38.5 Å². The van der Waals surface area contributed by atoms with Crippen LogP contribution in [-0.2, 0) is 14.4 Å². The average molecular weight is 512 g/mol. The van der Waals surface area contributed by atoms with Crippen molar-refractivity contribution in [3.8, 4) is 6.07 Å². The summed E-state index contributed by atoms with van der Waals surface area (Å²) in [7, 11) is 1.51. The fourth-order valence-electron chi connectivity index (χ4n) is 5.11. The highest BCUT2D eigenvalue weighted by Gasteiger charge is 2.51. The number of rotatable bonds is 10. The minimum atomic E-state index is -1.73. The number of para-hydroxylation sites is 1. The lowest BCUT2D eigenvalue weighted by Gasteiger charge is -2.35. The first-order valence-corrected chi connectivity index (χ1v) is 12.9. The van der Waals surface area contributed by atoms with Crippen molar-refractivity contribution in [2.45, 2.75) is 63.7 Å². The van der Waals surface area contributed by atoms with Gasteiger partial charge in [-0.3, -0.25) is 14.4 Å². The minimum Gasteiger partial charge on any atom is -0.334 e. The summed E-state index contributed by atoms with van der Waals surface area (Å²) in [4.78, 5) is 45.0. The molecule has 2 aliphatic heterocycles. The highest BCUT2D eigenvalue weighted by atomic mass is 19.1. The molecule has 0 radical (unpaired) electrons. The summed E-state index contributed by atoms with van der Waals surface area (Å²) in [5, 5.41) is 12.7. The van der Waals surface area contributed by atoms with Gasteiger partial charge in [0.2, 0.25) is 17.7 Å². The van der Waals surface area contributed by atoms with E-state index < -0.39 is 29.1 Å². The topological polar surface area (TPSA) is 96.7 Å². The highest BCUT2D eigenvalue weighted by molar-refractivity contribution is 5.98. The van der Waals surface area contributed by atoms with Crippen molar-refractivity contribution >= 4 is 23.4 Å². The molecule has 200 valence electrons. The lowest BCUT2D eigenvalue weighted by Crippen LogP contribution is -2.53. The zero-order valence-electron chi connectivity index (χ0n) is 22.1. The molecular weight excluding hydrogens is 473 g/mol. The van der Waals surface area contributed by atoms with Gasteiger partial charge in [-0.25, -0.2) is 4.39 Å². The maximum absolute atomic E-state index is 14.8. The normalized spacial score (nSPS) is 22.8. The second-order valence-corrected chi connectivity index (χ2v) is 10.7. The maximum atomic E-state index is 14.8. The lowest BCUT2D eigenvalue weighted by atomic mass is 9.84. The van der Waals surface area contributed by atoms with Crippen LogP contribution in [-0.4, -0.2) is 83.4 Å². The lowest BCUT2D eigenvalue weighted by molar-refractivity contribution is -0.146. The number of likely N-dealkylation sites (N-methyl/N-ethyl adjacent to an activating group) is 1. The molecule has 2 heterocycles. The number of likely N-dealkylation sites (tertiary alicyclic amines) is 2. The van der Waals surface area contributed by atoms with Crippen molar-refractivity contribution in [2.24, 2.45) is 5.41 Å². The number of halogens is 1. The standard InChI is InChI=1S/C28H38FN5O3/c1-5-28(26(37)31-21-11-7-6-8-12-21)17-22(19-30)34(20-28)25(36)23(18-27(2,3)29)32(4)24(35)13-16-33-14-9-10-15-33/h5-8,11-12,22-23H,1,9-10,13-18,20H2,2-4H3,(H,31,37)/t22-,23-,28-/m0/s1. The quantitative estimate of drug-likeness (QED) is 0.486. The van der Waals surface area contributed by atoms with Gasteiger partial charge >= 0.3 is 0 Å². The molecule has 0 saturated carbocycles. The molecule has 2 aliphatic rings. The molecule has 0 bridgehead atoms. The highest BCUT2D eigenvalue weighted by Crippen LogP contribution is 2.38. The number of anilines is 1. The largest absolute Gasteiger partial charge is 0.334 e. The Bertz CT molecular complexity index is 1030. The van der Waals surface area contributed by atoms with Crippen LogP contribution >= 0.6 is 0 Å². The zero-order valence-corrected chi connectivity index (χ0v) is 22.1. The number of nitrogens with zero attached hydrogens (tertiary/aromatic N) is 4. The molecule has 0 unspecified atom stereocenters. The molecule has 0 aliphatic carbocycles. The second kappa shape index (κ2) is 11.9. The number of nitrogens with one attached hydrogen (secondary N) is 1. The van der Waals surface area contributed by atoms with Gasteiger partial charge in [0.05, 0.1) is 11.5 Å². The van der Waals surface area contributed by atoms with Crippen LogP contribution in [0.5, 0.6) is 0 Å². The van der Waals surface area contributed by atoms with Crippen molar-refractivity contribution in [1.29, 1.82) is 5.26 Å². The Morgan fingerprint density at radius 2 is 1.95 bits per heavy atom. The molecule has 3 rings (SSSR count). The van der Waals surface area contributed by atoms with Gasteiger partial charge in [-0.2, -0.15) is 5.26 Å². The van der Waals surface area contributed by atoms with Crippen LogP contribution in [0.25, 0.3) is 0 Å². The van der Waals surface area contributed by atoms with Gasteiger partial charge < -0.3 is 20.0 Å². The number of carbonyl (C=O) groups is 3. The molecule has 0 spiro atoms. The maximum Gasteiger partial charge on any atom is 0.246 e. The first-order valence-electron chi connectivity index (χ1n) is 12.9. The Balaban J connectivity index is 1.80. The first kappa shape index (κ1) is 28.3. The van der Waals surface area contributed by atoms with Crippen molar-refractivity contribution in [3.63, 3.8) is 0 Å². The molecule has 9 heteroatoms. The van der Waals surface area contributed by atoms with Gasteiger partial charge in [0.1, 0.15) is 17.8 Å². The van der Waals surface area contributed by atoms with E-state index in [1.807, 2.05) is 6.07 Å². The number of amides is 3. The second-order valence-electron chi connectivity index (χ2n) is 10.7. The Labute approximate surface area is 219 Å². The van der Waals surface area contributed by atoms with E-state index in [1.165, 1.54) is 36.8 Å². The number of alkyl halides is 1. The molecule has 1 aromatic carbocycles. The molecule has 2 saturated heterocycles. The summed E-state index contributed by atoms with van der Waals surface area (Å²) in [6, 6.07) is 9.02. The molecule has 37 heavy (non-hydrogen) atoms. The average Bonchev–Trinajstić information content (AvgIpc) is 3.53. The van der Waals surface area contributed by atoms with Crippen LogP contribution < -0.4 is 5.32 Å². The Kier molecular flexibility index (Phi) is 9.08. The van der Waals surface area contributed by atoms with Crippen LogP contribution in [0, 0.1) is 16.7 Å². The third kappa shape index (κ3) is 6.95. The SMILES string of the molecule is C=C[C@]1(C(=O)Nc2ccccc2)C[C@@H](C#N)N(C(=O)[C@H](CC(C)(C)F)N(C)C(=O)CCN2CCCC2)C1. The first-order chi connectivity index (χ1) is 17.5. The number of hydrogen-bond acceptors (Lipinski definition) is 5. The van der Waals surface area contributed by atoms with E-state index in [-0.39, 0.29) is 37.6 Å². The van der Waals surface area contributed by atoms with Crippen molar-refractivity contribution < 1.29 is 18.8 Å². The summed E-state index contributed by atoms with van der Waals surface area (Å²) in [6.07, 6.45) is 3.76. The third-order valence-electron chi connectivity index (χ3n) is 7.36. The predicted molar refractivity (Wildman–Crippen MR) is 140 cm³/mol. The molecule has 8 nitrogen and oxygen atoms in total. The zero-order chi connectivity index (χ0) is 27.2. The van der Waals surface area contributed by atoms with E-state index in [4.69, 9.17) is 0 Å². The van der Waals surface area contributed by atoms with Crippen LogP contribution in [0.4, 0.5) is 10.1 Å². The van der Waals surface area contributed by atoms with Crippen molar-refractivity contribution in [1.82, 2.24) is 14.7 Å². The van der Waals surface area contributed by atoms with Gasteiger partial charge in [-0.15, -0.1) is 6.58 Å². The van der Waals surface area contributed by atoms with Crippen LogP contribution in [0.15, 0.2) is 43.0 Å². The smallest absolute Gasteiger partial charge is 0.246 e. The van der Waals surface area contributed by atoms with Gasteiger partial charge in [-0.1, -0.05) is 24.3 Å². The van der Waals surface area contributed by atoms with Crippen LogP contribution in [0.2, 0.25) is 0 Å². The van der Waals surface area contributed by atoms with E-state index in [0.29, 0.717) is 12.2 Å². The molecular formula is C28H38FN5O3. The summed E-state index contributed by atoms with van der Waals surface area (Å²) in [5.41, 5.74) is -2.33. The third-order valence-corrected chi connectivity index (χ3v) is 7.36. The van der Waals surface area contributed by atoms with E-state index in [2.05, 4.69) is 22.9 Å². The molecule has 0 aromatic heterocycles. The number of benzene rings is 1. The monoisotopic (exact) mass is 511 g/mol. The number of carbonyl (C=O) groups excluding carboxylic acids is 3. The summed E-state index contributed by atoms with van der Waals surface area (Å²) >= 11 is 0.